The van der Waals surface area contributed by atoms with Gasteiger partial charge in [0.25, 0.3) is 5.91 Å². The summed E-state index contributed by atoms with van der Waals surface area (Å²) in [6, 6.07) is 12.8. The van der Waals surface area contributed by atoms with E-state index in [2.05, 4.69) is 5.32 Å². The number of nitrogens with one attached hydrogen (secondary N) is 1. The monoisotopic (exact) mass is 360 g/mol. The van der Waals surface area contributed by atoms with Crippen molar-refractivity contribution in [1.29, 1.82) is 0 Å². The number of thioether (sulfide) groups is 1. The lowest BCUT2D eigenvalue weighted by atomic mass is 10.1. The largest absolute Gasteiger partial charge is 0.337 e. The molecule has 4 nitrogen and oxygen atoms in total. The van der Waals surface area contributed by atoms with E-state index in [4.69, 9.17) is 11.6 Å². The highest BCUT2D eigenvalue weighted by Crippen LogP contribution is 2.36. The molecule has 0 aliphatic carbocycles. The molecule has 124 valence electrons. The van der Waals surface area contributed by atoms with Gasteiger partial charge in [0.2, 0.25) is 5.91 Å². The van der Waals surface area contributed by atoms with E-state index >= 15 is 0 Å². The van der Waals surface area contributed by atoms with Gasteiger partial charge in [-0.25, -0.2) is 0 Å². The van der Waals surface area contributed by atoms with Gasteiger partial charge in [0.15, 0.2) is 0 Å². The van der Waals surface area contributed by atoms with Gasteiger partial charge in [0.05, 0.1) is 10.9 Å². The number of nitrogens with zero attached hydrogens (tertiary/aromatic N) is 1. The van der Waals surface area contributed by atoms with E-state index in [0.29, 0.717) is 22.8 Å². The van der Waals surface area contributed by atoms with Crippen LogP contribution in [0.25, 0.3) is 0 Å². The van der Waals surface area contributed by atoms with Crippen LogP contribution in [0.2, 0.25) is 5.02 Å². The minimum atomic E-state index is -0.119. The number of anilines is 1. The fraction of sp³-hybridized carbons (Fsp3) is 0.222. The molecule has 0 spiro atoms. The van der Waals surface area contributed by atoms with Crippen molar-refractivity contribution >= 4 is 40.9 Å². The van der Waals surface area contributed by atoms with E-state index in [1.807, 2.05) is 37.3 Å². The zero-order chi connectivity index (χ0) is 17.3. The number of benzene rings is 2. The number of halogens is 1. The predicted molar refractivity (Wildman–Crippen MR) is 97.6 cm³/mol. The zero-order valence-corrected chi connectivity index (χ0v) is 14.9. The molecule has 0 fully saturated rings. The van der Waals surface area contributed by atoms with Crippen molar-refractivity contribution in [2.75, 3.05) is 12.4 Å². The van der Waals surface area contributed by atoms with Gasteiger partial charge in [-0.2, -0.15) is 0 Å². The van der Waals surface area contributed by atoms with E-state index in [1.54, 1.807) is 24.1 Å². The Morgan fingerprint density at radius 2 is 1.96 bits per heavy atom. The molecule has 1 unspecified atom stereocenters. The summed E-state index contributed by atoms with van der Waals surface area (Å²) >= 11 is 7.38. The van der Waals surface area contributed by atoms with Gasteiger partial charge < -0.3 is 10.2 Å². The quantitative estimate of drug-likeness (QED) is 0.898. The molecular formula is C18H17ClN2O2S. The van der Waals surface area contributed by atoms with Gasteiger partial charge >= 0.3 is 0 Å². The SMILES string of the molecule is CC1Sc2ccc(C(=O)N(C)Cc3ccc(Cl)cc3)cc2NC1=O. The van der Waals surface area contributed by atoms with E-state index in [0.717, 1.165) is 10.5 Å². The molecule has 0 radical (unpaired) electrons. The van der Waals surface area contributed by atoms with Crippen molar-refractivity contribution in [2.45, 2.75) is 23.6 Å². The van der Waals surface area contributed by atoms with Crippen LogP contribution in [-0.4, -0.2) is 29.0 Å². The van der Waals surface area contributed by atoms with Gasteiger partial charge in [0, 0.05) is 29.1 Å². The highest BCUT2D eigenvalue weighted by molar-refractivity contribution is 8.00. The number of amides is 2. The van der Waals surface area contributed by atoms with Crippen molar-refractivity contribution in [3.8, 4) is 0 Å². The summed E-state index contributed by atoms with van der Waals surface area (Å²) in [7, 11) is 1.76. The summed E-state index contributed by atoms with van der Waals surface area (Å²) in [5.41, 5.74) is 2.26. The Balaban J connectivity index is 1.76. The first-order chi connectivity index (χ1) is 11.4. The third kappa shape index (κ3) is 3.57. The molecule has 24 heavy (non-hydrogen) atoms. The van der Waals surface area contributed by atoms with Crippen molar-refractivity contribution in [1.82, 2.24) is 4.90 Å². The van der Waals surface area contributed by atoms with Gasteiger partial charge in [-0.15, -0.1) is 11.8 Å². The predicted octanol–water partition coefficient (Wildman–Crippen LogP) is 4.04. The maximum atomic E-state index is 12.6. The third-order valence-corrected chi connectivity index (χ3v) is 5.27. The second-order valence-electron chi connectivity index (χ2n) is 5.75. The molecule has 2 aromatic carbocycles. The summed E-state index contributed by atoms with van der Waals surface area (Å²) < 4.78 is 0. The maximum Gasteiger partial charge on any atom is 0.253 e. The maximum absolute atomic E-state index is 12.6. The molecule has 1 aliphatic heterocycles. The number of rotatable bonds is 3. The average Bonchev–Trinajstić information content (AvgIpc) is 2.57. The van der Waals surface area contributed by atoms with Gasteiger partial charge in [-0.3, -0.25) is 9.59 Å². The molecule has 0 saturated heterocycles. The van der Waals surface area contributed by atoms with Gasteiger partial charge in [-0.1, -0.05) is 23.7 Å². The normalized spacial score (nSPS) is 16.3. The van der Waals surface area contributed by atoms with Crippen LogP contribution in [-0.2, 0) is 11.3 Å². The van der Waals surface area contributed by atoms with E-state index in [1.165, 1.54) is 11.8 Å². The van der Waals surface area contributed by atoms with E-state index in [9.17, 15) is 9.59 Å². The van der Waals surface area contributed by atoms with Crippen LogP contribution in [0.3, 0.4) is 0 Å². The number of hydrogen-bond acceptors (Lipinski definition) is 3. The Morgan fingerprint density at radius 3 is 2.67 bits per heavy atom. The summed E-state index contributed by atoms with van der Waals surface area (Å²) in [6.45, 7) is 2.35. The van der Waals surface area contributed by atoms with Crippen LogP contribution >= 0.6 is 23.4 Å². The number of fused-ring (bicyclic) bond motifs is 1. The van der Waals surface area contributed by atoms with Crippen LogP contribution in [0.1, 0.15) is 22.8 Å². The lowest BCUT2D eigenvalue weighted by Crippen LogP contribution is -2.28. The standard InChI is InChI=1S/C18H17ClN2O2S/c1-11-17(22)20-15-9-13(5-8-16(15)24-11)18(23)21(2)10-12-3-6-14(19)7-4-12/h3-9,11H,10H2,1-2H3,(H,20,22). The first-order valence-electron chi connectivity index (χ1n) is 7.55. The molecule has 2 amide bonds. The Labute approximate surface area is 150 Å². The Kier molecular flexibility index (Phi) is 4.83. The average molecular weight is 361 g/mol. The molecule has 0 aromatic heterocycles. The number of carbonyl (C=O) groups excluding carboxylic acids is 2. The minimum absolute atomic E-state index is 0.0355. The summed E-state index contributed by atoms with van der Waals surface area (Å²) in [5.74, 6) is -0.128. The van der Waals surface area contributed by atoms with Crippen LogP contribution in [0.15, 0.2) is 47.4 Å². The smallest absolute Gasteiger partial charge is 0.253 e. The van der Waals surface area contributed by atoms with Crippen molar-refractivity contribution in [2.24, 2.45) is 0 Å². The van der Waals surface area contributed by atoms with Crippen molar-refractivity contribution < 1.29 is 9.59 Å². The third-order valence-electron chi connectivity index (χ3n) is 3.84. The second-order valence-corrected chi connectivity index (χ2v) is 7.57. The topological polar surface area (TPSA) is 49.4 Å². The Bertz CT molecular complexity index is 792. The zero-order valence-electron chi connectivity index (χ0n) is 13.4. The van der Waals surface area contributed by atoms with E-state index < -0.39 is 0 Å². The molecule has 2 aromatic rings. The van der Waals surface area contributed by atoms with Crippen LogP contribution in [0, 0.1) is 0 Å². The fourth-order valence-electron chi connectivity index (χ4n) is 2.50. The molecule has 1 heterocycles. The van der Waals surface area contributed by atoms with Crippen LogP contribution in [0.5, 0.6) is 0 Å². The molecule has 6 heteroatoms. The first kappa shape index (κ1) is 16.9. The highest BCUT2D eigenvalue weighted by Gasteiger charge is 2.24. The number of carbonyl (C=O) groups is 2. The molecule has 0 bridgehead atoms. The van der Waals surface area contributed by atoms with Crippen molar-refractivity contribution in [3.05, 3.63) is 58.6 Å². The summed E-state index contributed by atoms with van der Waals surface area (Å²) in [5, 5.41) is 3.41. The Morgan fingerprint density at radius 1 is 1.25 bits per heavy atom. The fourth-order valence-corrected chi connectivity index (χ4v) is 3.55. The van der Waals surface area contributed by atoms with Crippen LogP contribution in [0.4, 0.5) is 5.69 Å². The minimum Gasteiger partial charge on any atom is -0.337 e. The molecule has 1 aliphatic rings. The highest BCUT2D eigenvalue weighted by atomic mass is 35.5. The summed E-state index contributed by atoms with van der Waals surface area (Å²) in [6.07, 6.45) is 0. The number of hydrogen-bond donors (Lipinski definition) is 1. The van der Waals surface area contributed by atoms with Gasteiger partial charge in [-0.05, 0) is 42.8 Å². The van der Waals surface area contributed by atoms with E-state index in [-0.39, 0.29) is 17.1 Å². The van der Waals surface area contributed by atoms with Crippen LogP contribution < -0.4 is 5.32 Å². The lowest BCUT2D eigenvalue weighted by Gasteiger charge is -2.23. The van der Waals surface area contributed by atoms with Crippen molar-refractivity contribution in [3.63, 3.8) is 0 Å². The molecular weight excluding hydrogens is 344 g/mol. The second kappa shape index (κ2) is 6.87. The molecule has 1 atom stereocenters. The molecule has 1 N–H and O–H groups in total. The molecule has 0 saturated carbocycles. The summed E-state index contributed by atoms with van der Waals surface area (Å²) in [4.78, 5) is 27.1. The Hall–Kier alpha value is -1.98. The lowest BCUT2D eigenvalue weighted by molar-refractivity contribution is -0.115. The molecule has 3 rings (SSSR count). The van der Waals surface area contributed by atoms with Gasteiger partial charge in [0.1, 0.15) is 0 Å². The first-order valence-corrected chi connectivity index (χ1v) is 8.81.